The Morgan fingerprint density at radius 3 is 2.28 bits per heavy atom. The molecule has 0 unspecified atom stereocenters. The Morgan fingerprint density at radius 2 is 1.66 bits per heavy atom. The van der Waals surface area contributed by atoms with Crippen LogP contribution in [0.25, 0.3) is 11.3 Å². The molecule has 6 heteroatoms. The molecule has 32 heavy (non-hydrogen) atoms. The summed E-state index contributed by atoms with van der Waals surface area (Å²) in [5.74, 6) is -0.111. The van der Waals surface area contributed by atoms with E-state index in [-0.39, 0.29) is 0 Å². The van der Waals surface area contributed by atoms with Crippen molar-refractivity contribution in [2.75, 3.05) is 6.61 Å². The molecule has 5 nitrogen and oxygen atoms in total. The molecule has 4 aromatic rings. The molecule has 0 spiro atoms. The van der Waals surface area contributed by atoms with Crippen LogP contribution in [0.3, 0.4) is 0 Å². The van der Waals surface area contributed by atoms with E-state index in [4.69, 9.17) is 9.73 Å². The van der Waals surface area contributed by atoms with Gasteiger partial charge in [-0.05, 0) is 42.3 Å². The van der Waals surface area contributed by atoms with E-state index >= 15 is 0 Å². The minimum absolute atomic E-state index is 0.364. The molecule has 0 amide bonds. The minimum Gasteiger partial charge on any atom is -0.494 e. The normalized spacial score (nSPS) is 12.5. The monoisotopic (exact) mass is 444 g/mol. The maximum atomic E-state index is 12.4. The molecule has 0 aliphatic heterocycles. The van der Waals surface area contributed by atoms with Crippen molar-refractivity contribution in [3.8, 4) is 17.0 Å². The van der Waals surface area contributed by atoms with Crippen molar-refractivity contribution >= 4 is 23.0 Å². The summed E-state index contributed by atoms with van der Waals surface area (Å²) in [7, 11) is 0. The summed E-state index contributed by atoms with van der Waals surface area (Å²) in [5, 5.41) is 12.2. The van der Waals surface area contributed by atoms with Crippen molar-refractivity contribution in [2.24, 2.45) is 4.99 Å². The predicted molar refractivity (Wildman–Crippen MR) is 127 cm³/mol. The van der Waals surface area contributed by atoms with Crippen LogP contribution in [-0.2, 0) is 11.2 Å². The molecule has 0 fully saturated rings. The predicted octanol–water partition coefficient (Wildman–Crippen LogP) is 5.72. The van der Waals surface area contributed by atoms with Crippen LogP contribution < -0.4 is 9.54 Å². The van der Waals surface area contributed by atoms with Gasteiger partial charge in [-0.3, -0.25) is 0 Å². The SMILES string of the molecule is CCOc1ccc(N=c2scc(-c3ccccc3)n2[C@@H](Cc2ccccc2)C(=O)O)cc1. The van der Waals surface area contributed by atoms with Gasteiger partial charge in [0.1, 0.15) is 11.8 Å². The molecule has 1 atom stereocenters. The number of carboxylic acid groups (broad SMARTS) is 1. The first-order valence-corrected chi connectivity index (χ1v) is 11.3. The fourth-order valence-electron chi connectivity index (χ4n) is 3.54. The van der Waals surface area contributed by atoms with E-state index in [1.807, 2.05) is 102 Å². The Kier molecular flexibility index (Phi) is 6.82. The number of aromatic nitrogens is 1. The Morgan fingerprint density at radius 1 is 1.00 bits per heavy atom. The van der Waals surface area contributed by atoms with Crippen molar-refractivity contribution < 1.29 is 14.6 Å². The largest absolute Gasteiger partial charge is 0.494 e. The Balaban J connectivity index is 1.83. The first-order chi connectivity index (χ1) is 15.7. The molecule has 1 aromatic heterocycles. The number of aliphatic carboxylic acids is 1. The Labute approximate surface area is 190 Å². The van der Waals surface area contributed by atoms with Crippen molar-refractivity contribution in [3.63, 3.8) is 0 Å². The highest BCUT2D eigenvalue weighted by molar-refractivity contribution is 7.07. The van der Waals surface area contributed by atoms with Gasteiger partial charge in [-0.2, -0.15) is 0 Å². The highest BCUT2D eigenvalue weighted by Gasteiger charge is 2.24. The van der Waals surface area contributed by atoms with Gasteiger partial charge in [0.2, 0.25) is 0 Å². The lowest BCUT2D eigenvalue weighted by atomic mass is 10.0. The van der Waals surface area contributed by atoms with Crippen LogP contribution in [0.5, 0.6) is 5.75 Å². The van der Waals surface area contributed by atoms with E-state index in [1.165, 1.54) is 11.3 Å². The molecule has 0 radical (unpaired) electrons. The van der Waals surface area contributed by atoms with Crippen LogP contribution in [0.1, 0.15) is 18.5 Å². The first-order valence-electron chi connectivity index (χ1n) is 10.5. The van der Waals surface area contributed by atoms with Gasteiger partial charge >= 0.3 is 5.97 Å². The highest BCUT2D eigenvalue weighted by atomic mass is 32.1. The van der Waals surface area contributed by atoms with Gasteiger partial charge < -0.3 is 14.4 Å². The third-order valence-electron chi connectivity index (χ3n) is 5.05. The van der Waals surface area contributed by atoms with E-state index in [1.54, 1.807) is 0 Å². The molecule has 4 rings (SSSR count). The quantitative estimate of drug-likeness (QED) is 0.378. The van der Waals surface area contributed by atoms with Gasteiger partial charge in [0.15, 0.2) is 4.80 Å². The van der Waals surface area contributed by atoms with Crippen LogP contribution >= 0.6 is 11.3 Å². The van der Waals surface area contributed by atoms with Crippen LogP contribution in [0.15, 0.2) is 95.3 Å². The van der Waals surface area contributed by atoms with E-state index in [0.717, 1.165) is 28.3 Å². The summed E-state index contributed by atoms with van der Waals surface area (Å²) in [6, 6.07) is 26.2. The lowest BCUT2D eigenvalue weighted by molar-refractivity contribution is -0.140. The maximum absolute atomic E-state index is 12.4. The summed E-state index contributed by atoms with van der Waals surface area (Å²) in [6.07, 6.45) is 0.364. The maximum Gasteiger partial charge on any atom is 0.327 e. The number of nitrogens with zero attached hydrogens (tertiary/aromatic N) is 2. The highest BCUT2D eigenvalue weighted by Crippen LogP contribution is 2.26. The zero-order valence-corrected chi connectivity index (χ0v) is 18.5. The van der Waals surface area contributed by atoms with Crippen molar-refractivity contribution in [2.45, 2.75) is 19.4 Å². The standard InChI is InChI=1S/C26H24N2O3S/c1-2-31-22-15-13-21(14-16-22)27-26-28(24(18-32-26)20-11-7-4-8-12-20)23(25(29)30)17-19-9-5-3-6-10-19/h3-16,18,23H,2,17H2,1H3,(H,29,30)/t23-/m0/s1. The smallest absolute Gasteiger partial charge is 0.327 e. The fraction of sp³-hybridized carbons (Fsp3) is 0.154. The summed E-state index contributed by atoms with van der Waals surface area (Å²) in [5.41, 5.74) is 3.50. The van der Waals surface area contributed by atoms with Gasteiger partial charge in [-0.25, -0.2) is 9.79 Å². The van der Waals surface area contributed by atoms with E-state index < -0.39 is 12.0 Å². The summed E-state index contributed by atoms with van der Waals surface area (Å²) < 4.78 is 7.35. The van der Waals surface area contributed by atoms with E-state index in [2.05, 4.69) is 0 Å². The van der Waals surface area contributed by atoms with Crippen molar-refractivity contribution in [1.29, 1.82) is 0 Å². The van der Waals surface area contributed by atoms with E-state index in [9.17, 15) is 9.90 Å². The number of ether oxygens (including phenoxy) is 1. The zero-order valence-electron chi connectivity index (χ0n) is 17.7. The summed E-state index contributed by atoms with van der Waals surface area (Å²) in [6.45, 7) is 2.54. The first kappa shape index (κ1) is 21.6. The summed E-state index contributed by atoms with van der Waals surface area (Å²) >= 11 is 1.44. The lowest BCUT2D eigenvalue weighted by Gasteiger charge is -2.18. The second-order valence-corrected chi connectivity index (χ2v) is 8.06. The Bertz CT molecular complexity index is 1230. The zero-order chi connectivity index (χ0) is 22.3. The molecule has 1 heterocycles. The van der Waals surface area contributed by atoms with Crippen LogP contribution in [0.2, 0.25) is 0 Å². The molecule has 3 aromatic carbocycles. The number of carboxylic acids is 1. The molecule has 1 N–H and O–H groups in total. The van der Waals surface area contributed by atoms with Gasteiger partial charge in [-0.15, -0.1) is 11.3 Å². The molecule has 162 valence electrons. The number of benzene rings is 3. The van der Waals surface area contributed by atoms with Gasteiger partial charge in [-0.1, -0.05) is 60.7 Å². The van der Waals surface area contributed by atoms with Crippen LogP contribution in [0, 0.1) is 0 Å². The van der Waals surface area contributed by atoms with Gasteiger partial charge in [0, 0.05) is 11.8 Å². The van der Waals surface area contributed by atoms with Crippen molar-refractivity contribution in [3.05, 3.63) is 101 Å². The molecule has 0 aliphatic rings. The fourth-order valence-corrected chi connectivity index (χ4v) is 4.51. The number of rotatable bonds is 8. The number of hydrogen-bond acceptors (Lipinski definition) is 4. The molecule has 0 saturated heterocycles. The van der Waals surface area contributed by atoms with Crippen LogP contribution in [0.4, 0.5) is 5.69 Å². The number of carbonyl (C=O) groups is 1. The average molecular weight is 445 g/mol. The average Bonchev–Trinajstić information content (AvgIpc) is 3.23. The second kappa shape index (κ2) is 10.1. The lowest BCUT2D eigenvalue weighted by Crippen LogP contribution is -2.29. The topological polar surface area (TPSA) is 63.8 Å². The van der Waals surface area contributed by atoms with Crippen molar-refractivity contribution in [1.82, 2.24) is 4.57 Å². The number of hydrogen-bond donors (Lipinski definition) is 1. The molecular formula is C26H24N2O3S. The Hall–Kier alpha value is -3.64. The number of thiazole rings is 1. The molecule has 0 bridgehead atoms. The van der Waals surface area contributed by atoms with Gasteiger partial charge in [0.25, 0.3) is 0 Å². The molecule has 0 saturated carbocycles. The molecular weight excluding hydrogens is 420 g/mol. The van der Waals surface area contributed by atoms with Crippen LogP contribution in [-0.4, -0.2) is 22.2 Å². The minimum atomic E-state index is -0.891. The van der Waals surface area contributed by atoms with E-state index in [0.29, 0.717) is 17.8 Å². The summed E-state index contributed by atoms with van der Waals surface area (Å²) in [4.78, 5) is 17.9. The molecule has 0 aliphatic carbocycles. The second-order valence-electron chi connectivity index (χ2n) is 7.22. The van der Waals surface area contributed by atoms with Gasteiger partial charge in [0.05, 0.1) is 18.0 Å². The third kappa shape index (κ3) is 4.98. The third-order valence-corrected chi connectivity index (χ3v) is 5.89.